The van der Waals surface area contributed by atoms with Crippen LogP contribution >= 0.6 is 0 Å². The molecule has 3 atom stereocenters. The largest absolute Gasteiger partial charge is 0.394 e. The van der Waals surface area contributed by atoms with Gasteiger partial charge in [0.1, 0.15) is 6.10 Å². The van der Waals surface area contributed by atoms with Crippen LogP contribution in [0.3, 0.4) is 0 Å². The molecule has 270 valence electrons. The Morgan fingerprint density at radius 3 is 1.07 bits per heavy atom. The summed E-state index contributed by atoms with van der Waals surface area (Å²) in [5, 5.41) is 33.3. The second-order valence-corrected chi connectivity index (χ2v) is 14.2. The maximum atomic E-state index is 12.4. The highest BCUT2D eigenvalue weighted by Crippen LogP contribution is 2.16. The first-order valence-electron chi connectivity index (χ1n) is 20.3. The van der Waals surface area contributed by atoms with E-state index in [9.17, 15) is 20.1 Å². The average Bonchev–Trinajstić information content (AvgIpc) is 3.04. The first-order valence-corrected chi connectivity index (χ1v) is 20.3. The van der Waals surface area contributed by atoms with Crippen LogP contribution < -0.4 is 5.32 Å². The van der Waals surface area contributed by atoms with Gasteiger partial charge in [-0.1, -0.05) is 206 Å². The van der Waals surface area contributed by atoms with Crippen LogP contribution in [0.25, 0.3) is 0 Å². The van der Waals surface area contributed by atoms with Gasteiger partial charge in [0.25, 0.3) is 0 Å². The molecular weight excluding hydrogens is 558 g/mol. The van der Waals surface area contributed by atoms with Gasteiger partial charge in [-0.25, -0.2) is 0 Å². The lowest BCUT2D eigenvalue weighted by molar-refractivity contribution is -0.124. The van der Waals surface area contributed by atoms with Crippen LogP contribution in [-0.4, -0.2) is 46.1 Å². The molecule has 0 aromatic heterocycles. The van der Waals surface area contributed by atoms with Crippen LogP contribution in [0.2, 0.25) is 0 Å². The van der Waals surface area contributed by atoms with Crippen molar-refractivity contribution in [3.05, 3.63) is 0 Å². The molecule has 0 saturated heterocycles. The maximum Gasteiger partial charge on any atom is 0.220 e. The van der Waals surface area contributed by atoms with Crippen LogP contribution in [-0.2, 0) is 4.79 Å². The number of aliphatic hydroxyl groups excluding tert-OH is 3. The highest BCUT2D eigenvalue weighted by molar-refractivity contribution is 5.76. The topological polar surface area (TPSA) is 89.8 Å². The van der Waals surface area contributed by atoms with Crippen molar-refractivity contribution >= 4 is 5.91 Å². The van der Waals surface area contributed by atoms with Gasteiger partial charge < -0.3 is 20.6 Å². The maximum absolute atomic E-state index is 12.4. The van der Waals surface area contributed by atoms with E-state index < -0.39 is 18.2 Å². The second kappa shape index (κ2) is 36.2. The molecule has 1 amide bonds. The molecule has 3 unspecified atom stereocenters. The Hall–Kier alpha value is -0.650. The quantitative estimate of drug-likeness (QED) is 0.0509. The lowest BCUT2D eigenvalue weighted by atomic mass is 9.99. The Kier molecular flexibility index (Phi) is 35.7. The first kappa shape index (κ1) is 44.4. The number of aliphatic hydroxyl groups is 3. The summed E-state index contributed by atoms with van der Waals surface area (Å²) < 4.78 is 0. The number of carbonyl (C=O) groups excluding carboxylic acids is 1. The van der Waals surface area contributed by atoms with Crippen LogP contribution in [0.4, 0.5) is 0 Å². The van der Waals surface area contributed by atoms with Gasteiger partial charge in [-0.3, -0.25) is 4.79 Å². The van der Waals surface area contributed by atoms with Crippen molar-refractivity contribution in [2.24, 2.45) is 0 Å². The Balaban J connectivity index is 3.55. The summed E-state index contributed by atoms with van der Waals surface area (Å²) in [7, 11) is 0. The van der Waals surface area contributed by atoms with Crippen LogP contribution in [0, 0.1) is 0 Å². The number of nitrogens with one attached hydrogen (secondary N) is 1. The smallest absolute Gasteiger partial charge is 0.220 e. The zero-order valence-electron chi connectivity index (χ0n) is 30.5. The van der Waals surface area contributed by atoms with Gasteiger partial charge in [0, 0.05) is 6.42 Å². The summed E-state index contributed by atoms with van der Waals surface area (Å²) in [6.45, 7) is 4.17. The van der Waals surface area contributed by atoms with E-state index in [4.69, 9.17) is 0 Å². The third-order valence-electron chi connectivity index (χ3n) is 9.71. The zero-order chi connectivity index (χ0) is 33.1. The van der Waals surface area contributed by atoms with Gasteiger partial charge in [-0.15, -0.1) is 0 Å². The Morgan fingerprint density at radius 2 is 0.756 bits per heavy atom. The Bertz CT molecular complexity index is 587. The van der Waals surface area contributed by atoms with Crippen molar-refractivity contribution in [1.29, 1.82) is 0 Å². The molecule has 0 aromatic rings. The van der Waals surface area contributed by atoms with Gasteiger partial charge in [-0.2, -0.15) is 0 Å². The van der Waals surface area contributed by atoms with E-state index in [1.165, 1.54) is 161 Å². The van der Waals surface area contributed by atoms with Crippen molar-refractivity contribution in [3.63, 3.8) is 0 Å². The normalized spacial score (nSPS) is 13.6. The van der Waals surface area contributed by atoms with E-state index in [0.29, 0.717) is 12.8 Å². The molecule has 45 heavy (non-hydrogen) atoms. The molecule has 0 aliphatic rings. The number of hydrogen-bond acceptors (Lipinski definition) is 4. The molecule has 0 fully saturated rings. The summed E-state index contributed by atoms with van der Waals surface area (Å²) in [5.41, 5.74) is 0. The van der Waals surface area contributed by atoms with Crippen molar-refractivity contribution in [1.82, 2.24) is 5.32 Å². The van der Waals surface area contributed by atoms with E-state index in [0.717, 1.165) is 38.5 Å². The minimum Gasteiger partial charge on any atom is -0.394 e. The minimum atomic E-state index is -1.13. The highest BCUT2D eigenvalue weighted by Gasteiger charge is 2.26. The van der Waals surface area contributed by atoms with Crippen LogP contribution in [0.1, 0.15) is 226 Å². The monoisotopic (exact) mass is 640 g/mol. The summed E-state index contributed by atoms with van der Waals surface area (Å²) in [5.74, 6) is -0.142. The predicted octanol–water partition coefficient (Wildman–Crippen LogP) is 11.1. The van der Waals surface area contributed by atoms with E-state index >= 15 is 0 Å². The molecule has 0 spiro atoms. The van der Waals surface area contributed by atoms with E-state index in [1.54, 1.807) is 0 Å². The standard InChI is InChI=1S/C40H81NO4/c1-3-5-7-9-11-13-15-16-17-18-19-20-21-22-23-24-25-27-29-31-33-35-39(44)41-37(36-42)40(45)38(43)34-32-30-28-26-14-12-10-8-6-4-2/h37-38,40,42-43,45H,3-36H2,1-2H3,(H,41,44). The molecule has 0 aromatic carbocycles. The molecule has 4 N–H and O–H groups in total. The zero-order valence-corrected chi connectivity index (χ0v) is 30.5. The van der Waals surface area contributed by atoms with Gasteiger partial charge in [0.15, 0.2) is 0 Å². The fraction of sp³-hybridized carbons (Fsp3) is 0.975. The molecule has 5 nitrogen and oxygen atoms in total. The van der Waals surface area contributed by atoms with Gasteiger partial charge in [-0.05, 0) is 12.8 Å². The number of rotatable bonds is 37. The number of hydrogen-bond donors (Lipinski definition) is 4. The van der Waals surface area contributed by atoms with Crippen molar-refractivity contribution < 1.29 is 20.1 Å². The van der Waals surface area contributed by atoms with E-state index in [2.05, 4.69) is 19.2 Å². The third kappa shape index (κ3) is 31.7. The molecule has 0 radical (unpaired) electrons. The number of amides is 1. The molecular formula is C40H81NO4. The highest BCUT2D eigenvalue weighted by atomic mass is 16.3. The lowest BCUT2D eigenvalue weighted by Gasteiger charge is -2.26. The predicted molar refractivity (Wildman–Crippen MR) is 195 cm³/mol. The molecule has 0 aliphatic carbocycles. The fourth-order valence-electron chi connectivity index (χ4n) is 6.52. The van der Waals surface area contributed by atoms with E-state index in [1.807, 2.05) is 0 Å². The van der Waals surface area contributed by atoms with Crippen LogP contribution in [0.5, 0.6) is 0 Å². The van der Waals surface area contributed by atoms with Gasteiger partial charge >= 0.3 is 0 Å². The second-order valence-electron chi connectivity index (χ2n) is 14.2. The third-order valence-corrected chi connectivity index (χ3v) is 9.71. The molecule has 0 rings (SSSR count). The summed E-state index contributed by atoms with van der Waals surface area (Å²) in [6.07, 6.45) is 39.2. The molecule has 0 aliphatic heterocycles. The molecule has 0 saturated carbocycles. The summed E-state index contributed by atoms with van der Waals surface area (Å²) in [6, 6.07) is -0.800. The lowest BCUT2D eigenvalue weighted by Crippen LogP contribution is -2.50. The fourth-order valence-corrected chi connectivity index (χ4v) is 6.52. The Labute approximate surface area is 281 Å². The summed E-state index contributed by atoms with van der Waals surface area (Å²) >= 11 is 0. The summed E-state index contributed by atoms with van der Waals surface area (Å²) in [4.78, 5) is 12.4. The van der Waals surface area contributed by atoms with Gasteiger partial charge in [0.05, 0.1) is 18.8 Å². The minimum absolute atomic E-state index is 0.142. The van der Waals surface area contributed by atoms with E-state index in [-0.39, 0.29) is 12.5 Å². The van der Waals surface area contributed by atoms with Crippen LogP contribution in [0.15, 0.2) is 0 Å². The van der Waals surface area contributed by atoms with Crippen molar-refractivity contribution in [3.8, 4) is 0 Å². The van der Waals surface area contributed by atoms with Crippen molar-refractivity contribution in [2.45, 2.75) is 244 Å². The molecule has 0 bridgehead atoms. The molecule has 5 heteroatoms. The average molecular weight is 640 g/mol. The first-order chi connectivity index (χ1) is 22.1. The number of unbranched alkanes of at least 4 members (excludes halogenated alkanes) is 29. The van der Waals surface area contributed by atoms with Gasteiger partial charge in [0.2, 0.25) is 5.91 Å². The number of carbonyl (C=O) groups is 1. The molecule has 0 heterocycles. The van der Waals surface area contributed by atoms with Crippen molar-refractivity contribution in [2.75, 3.05) is 6.61 Å². The Morgan fingerprint density at radius 1 is 0.467 bits per heavy atom. The SMILES string of the molecule is CCCCCCCCCCCCCCCCCCCCCCCC(=O)NC(CO)C(O)C(O)CCCCCCCCCCCC.